The van der Waals surface area contributed by atoms with Crippen LogP contribution in [0.5, 0.6) is 0 Å². The Labute approximate surface area is 175 Å². The molecule has 0 aliphatic carbocycles. The predicted octanol–water partition coefficient (Wildman–Crippen LogP) is 4.23. The van der Waals surface area contributed by atoms with Crippen molar-refractivity contribution in [1.82, 2.24) is 0 Å². The van der Waals surface area contributed by atoms with Gasteiger partial charge in [-0.05, 0) is 54.7 Å². The summed E-state index contributed by atoms with van der Waals surface area (Å²) in [6.07, 6.45) is 0.491. The summed E-state index contributed by atoms with van der Waals surface area (Å²) in [5, 5.41) is 2.75. The summed E-state index contributed by atoms with van der Waals surface area (Å²) in [5.41, 5.74) is 3.84. The summed E-state index contributed by atoms with van der Waals surface area (Å²) in [5.74, 6) is -0.523. The molecule has 0 spiro atoms. The van der Waals surface area contributed by atoms with Gasteiger partial charge in [0.1, 0.15) is 5.82 Å². The molecule has 0 saturated carbocycles. The molecule has 0 aliphatic rings. The van der Waals surface area contributed by atoms with E-state index in [0.717, 1.165) is 22.3 Å². The van der Waals surface area contributed by atoms with Gasteiger partial charge < -0.3 is 14.8 Å². The second-order valence-corrected chi connectivity index (χ2v) is 6.60. The van der Waals surface area contributed by atoms with E-state index < -0.39 is 12.1 Å². The fourth-order valence-electron chi connectivity index (χ4n) is 3.13. The zero-order valence-electron chi connectivity index (χ0n) is 16.5. The maximum absolute atomic E-state index is 13.3. The minimum Gasteiger partial charge on any atom is -0.464 e. The summed E-state index contributed by atoms with van der Waals surface area (Å²) in [4.78, 5) is 23.6. The van der Waals surface area contributed by atoms with Crippen molar-refractivity contribution in [3.8, 4) is 0 Å². The van der Waals surface area contributed by atoms with E-state index in [1.807, 2.05) is 12.1 Å². The largest absolute Gasteiger partial charge is 0.464 e. The first kappa shape index (κ1) is 22.8. The Kier molecular flexibility index (Phi) is 9.09. The standard InChI is InChI=1S/C22H25ClFNO4/c1-3-28-20(22(27)29-4-2)12-16-7-8-17(13-23)19(21(16)25-14-26)11-15-5-9-18(24)10-6-15/h5-10,14,20H,3-4,11-13H2,1-2H3,(H,25,26). The summed E-state index contributed by atoms with van der Waals surface area (Å²) < 4.78 is 23.9. The molecule has 0 heterocycles. The fourth-order valence-corrected chi connectivity index (χ4v) is 3.38. The number of alkyl halides is 1. The lowest BCUT2D eigenvalue weighted by Crippen LogP contribution is -2.29. The average molecular weight is 422 g/mol. The van der Waals surface area contributed by atoms with Gasteiger partial charge in [-0.2, -0.15) is 0 Å². The highest BCUT2D eigenvalue weighted by Crippen LogP contribution is 2.30. The SMILES string of the molecule is CCOC(=O)C(Cc1ccc(CCl)c(Cc2ccc(F)cc2)c1NC=O)OCC. The number of nitrogens with one attached hydrogen (secondary N) is 1. The van der Waals surface area contributed by atoms with E-state index in [1.165, 1.54) is 12.1 Å². The molecular weight excluding hydrogens is 397 g/mol. The summed E-state index contributed by atoms with van der Waals surface area (Å²) >= 11 is 6.12. The molecule has 0 bridgehead atoms. The lowest BCUT2D eigenvalue weighted by atomic mass is 9.93. The number of halogens is 2. The lowest BCUT2D eigenvalue weighted by molar-refractivity contribution is -0.156. The summed E-state index contributed by atoms with van der Waals surface area (Å²) in [6, 6.07) is 9.84. The molecule has 2 rings (SSSR count). The molecule has 2 aromatic rings. The van der Waals surface area contributed by atoms with Gasteiger partial charge in [-0.25, -0.2) is 9.18 Å². The van der Waals surface area contributed by atoms with Crippen LogP contribution in [-0.4, -0.2) is 31.7 Å². The highest BCUT2D eigenvalue weighted by atomic mass is 35.5. The Morgan fingerprint density at radius 1 is 1.14 bits per heavy atom. The molecule has 2 aromatic carbocycles. The normalized spacial score (nSPS) is 11.7. The van der Waals surface area contributed by atoms with Gasteiger partial charge in [-0.1, -0.05) is 24.3 Å². The molecule has 1 amide bonds. The molecule has 5 nitrogen and oxygen atoms in total. The van der Waals surface area contributed by atoms with Gasteiger partial charge in [0.15, 0.2) is 6.10 Å². The van der Waals surface area contributed by atoms with Crippen molar-refractivity contribution in [3.05, 3.63) is 64.5 Å². The van der Waals surface area contributed by atoms with Crippen molar-refractivity contribution in [2.75, 3.05) is 18.5 Å². The number of esters is 1. The zero-order chi connectivity index (χ0) is 21.2. The van der Waals surface area contributed by atoms with Crippen LogP contribution in [0.4, 0.5) is 10.1 Å². The quantitative estimate of drug-likeness (QED) is 0.335. The Morgan fingerprint density at radius 2 is 1.83 bits per heavy atom. The fraction of sp³-hybridized carbons (Fsp3) is 0.364. The van der Waals surface area contributed by atoms with Crippen LogP contribution in [-0.2, 0) is 37.8 Å². The number of ether oxygens (including phenoxy) is 2. The monoisotopic (exact) mass is 421 g/mol. The third-order valence-electron chi connectivity index (χ3n) is 4.46. The van der Waals surface area contributed by atoms with Gasteiger partial charge in [0.2, 0.25) is 6.41 Å². The third-order valence-corrected chi connectivity index (χ3v) is 4.75. The van der Waals surface area contributed by atoms with E-state index in [-0.39, 0.29) is 24.7 Å². The van der Waals surface area contributed by atoms with Crippen molar-refractivity contribution in [2.45, 2.75) is 38.7 Å². The number of hydrogen-bond donors (Lipinski definition) is 1. The Balaban J connectivity index is 2.44. The predicted molar refractivity (Wildman–Crippen MR) is 111 cm³/mol. The molecular formula is C22H25ClFNO4. The van der Waals surface area contributed by atoms with Crippen molar-refractivity contribution in [1.29, 1.82) is 0 Å². The minimum absolute atomic E-state index is 0.238. The van der Waals surface area contributed by atoms with Gasteiger partial charge in [0.05, 0.1) is 6.61 Å². The molecule has 0 saturated heterocycles. The number of amides is 1. The Bertz CT molecular complexity index is 826. The molecule has 7 heteroatoms. The summed E-state index contributed by atoms with van der Waals surface area (Å²) in [7, 11) is 0. The van der Waals surface area contributed by atoms with Crippen molar-refractivity contribution in [3.63, 3.8) is 0 Å². The number of benzene rings is 2. The number of anilines is 1. The number of carbonyl (C=O) groups is 2. The first-order chi connectivity index (χ1) is 14.0. The molecule has 0 aliphatic heterocycles. The highest BCUT2D eigenvalue weighted by molar-refractivity contribution is 6.17. The van der Waals surface area contributed by atoms with Crippen LogP contribution in [0.2, 0.25) is 0 Å². The first-order valence-corrected chi connectivity index (χ1v) is 9.99. The van der Waals surface area contributed by atoms with Gasteiger partial charge in [-0.3, -0.25) is 4.79 Å². The van der Waals surface area contributed by atoms with E-state index in [2.05, 4.69) is 5.32 Å². The highest BCUT2D eigenvalue weighted by Gasteiger charge is 2.23. The molecule has 1 N–H and O–H groups in total. The van der Waals surface area contributed by atoms with Crippen molar-refractivity contribution in [2.24, 2.45) is 0 Å². The second kappa shape index (κ2) is 11.5. The van der Waals surface area contributed by atoms with Crippen LogP contribution in [0, 0.1) is 5.82 Å². The van der Waals surface area contributed by atoms with E-state index >= 15 is 0 Å². The summed E-state index contributed by atoms with van der Waals surface area (Å²) in [6.45, 7) is 4.13. The van der Waals surface area contributed by atoms with E-state index in [1.54, 1.807) is 26.0 Å². The number of hydrogen-bond acceptors (Lipinski definition) is 4. The molecule has 0 fully saturated rings. The molecule has 156 valence electrons. The molecule has 1 atom stereocenters. The maximum Gasteiger partial charge on any atom is 0.335 e. The van der Waals surface area contributed by atoms with Crippen LogP contribution in [0.3, 0.4) is 0 Å². The van der Waals surface area contributed by atoms with Crippen molar-refractivity contribution >= 4 is 29.7 Å². The van der Waals surface area contributed by atoms with Gasteiger partial charge in [-0.15, -0.1) is 11.6 Å². The smallest absolute Gasteiger partial charge is 0.335 e. The van der Waals surface area contributed by atoms with E-state index in [4.69, 9.17) is 21.1 Å². The number of carbonyl (C=O) groups excluding carboxylic acids is 2. The van der Waals surface area contributed by atoms with Crippen LogP contribution in [0.15, 0.2) is 36.4 Å². The van der Waals surface area contributed by atoms with Crippen LogP contribution >= 0.6 is 11.6 Å². The first-order valence-electron chi connectivity index (χ1n) is 9.46. The van der Waals surface area contributed by atoms with E-state index in [0.29, 0.717) is 25.1 Å². The van der Waals surface area contributed by atoms with E-state index in [9.17, 15) is 14.0 Å². The van der Waals surface area contributed by atoms with Crippen LogP contribution < -0.4 is 5.32 Å². The lowest BCUT2D eigenvalue weighted by Gasteiger charge is -2.21. The molecule has 0 radical (unpaired) electrons. The minimum atomic E-state index is -0.785. The van der Waals surface area contributed by atoms with Gasteiger partial charge in [0.25, 0.3) is 0 Å². The number of rotatable bonds is 11. The van der Waals surface area contributed by atoms with Gasteiger partial charge >= 0.3 is 5.97 Å². The average Bonchev–Trinajstić information content (AvgIpc) is 2.71. The van der Waals surface area contributed by atoms with Crippen LogP contribution in [0.25, 0.3) is 0 Å². The molecule has 1 unspecified atom stereocenters. The Morgan fingerprint density at radius 3 is 2.41 bits per heavy atom. The maximum atomic E-state index is 13.3. The third kappa shape index (κ3) is 6.27. The zero-order valence-corrected chi connectivity index (χ0v) is 17.3. The Hall–Kier alpha value is -2.44. The van der Waals surface area contributed by atoms with Crippen LogP contribution in [0.1, 0.15) is 36.1 Å². The second-order valence-electron chi connectivity index (χ2n) is 6.34. The van der Waals surface area contributed by atoms with Crippen molar-refractivity contribution < 1.29 is 23.5 Å². The van der Waals surface area contributed by atoms with Gasteiger partial charge in [0, 0.05) is 24.6 Å². The molecule has 29 heavy (non-hydrogen) atoms. The molecule has 0 aromatic heterocycles. The topological polar surface area (TPSA) is 64.6 Å².